The van der Waals surface area contributed by atoms with E-state index < -0.39 is 0 Å². The van der Waals surface area contributed by atoms with Gasteiger partial charge in [-0.1, -0.05) is 6.07 Å². The summed E-state index contributed by atoms with van der Waals surface area (Å²) in [6.45, 7) is 2.80. The van der Waals surface area contributed by atoms with Gasteiger partial charge in [0.05, 0.1) is 13.7 Å². The maximum atomic E-state index is 11.8. The smallest absolute Gasteiger partial charge is 0.253 e. The zero-order chi connectivity index (χ0) is 13.7. The van der Waals surface area contributed by atoms with Gasteiger partial charge in [0.1, 0.15) is 18.1 Å². The van der Waals surface area contributed by atoms with Crippen LogP contribution in [0.3, 0.4) is 0 Å². The molecule has 0 bridgehead atoms. The zero-order valence-electron chi connectivity index (χ0n) is 11.1. The van der Waals surface area contributed by atoms with Crippen LogP contribution >= 0.6 is 0 Å². The molecule has 2 rings (SSSR count). The first-order valence-corrected chi connectivity index (χ1v) is 6.13. The number of ether oxygens (including phenoxy) is 2. The van der Waals surface area contributed by atoms with E-state index in [0.29, 0.717) is 13.2 Å². The predicted octanol–water partition coefficient (Wildman–Crippen LogP) is 2.24. The second-order valence-electron chi connectivity index (χ2n) is 4.21. The Balaban J connectivity index is 1.92. The Morgan fingerprint density at radius 2 is 1.79 bits per heavy atom. The molecule has 0 spiro atoms. The Morgan fingerprint density at radius 3 is 2.47 bits per heavy atom. The first-order valence-electron chi connectivity index (χ1n) is 6.13. The van der Waals surface area contributed by atoms with E-state index in [2.05, 4.69) is 0 Å². The molecule has 1 aromatic carbocycles. The Kier molecular flexibility index (Phi) is 4.23. The average Bonchev–Trinajstić information content (AvgIpc) is 2.44. The number of aromatic nitrogens is 1. The molecule has 1 aromatic heterocycles. The number of aryl methyl sites for hydroxylation is 1. The first-order chi connectivity index (χ1) is 9.20. The minimum Gasteiger partial charge on any atom is -0.497 e. The van der Waals surface area contributed by atoms with Gasteiger partial charge in [0, 0.05) is 11.8 Å². The molecular weight excluding hydrogens is 242 g/mol. The highest BCUT2D eigenvalue weighted by molar-refractivity contribution is 5.31. The highest BCUT2D eigenvalue weighted by Crippen LogP contribution is 2.16. The summed E-state index contributed by atoms with van der Waals surface area (Å²) in [6, 6.07) is 11.0. The molecule has 0 aliphatic carbocycles. The fourth-order valence-corrected chi connectivity index (χ4v) is 1.77. The normalized spacial score (nSPS) is 10.2. The predicted molar refractivity (Wildman–Crippen MR) is 73.9 cm³/mol. The largest absolute Gasteiger partial charge is 0.497 e. The summed E-state index contributed by atoms with van der Waals surface area (Å²) < 4.78 is 12.3. The summed E-state index contributed by atoms with van der Waals surface area (Å²) in [7, 11) is 1.63. The number of rotatable bonds is 5. The Labute approximate surface area is 112 Å². The summed E-state index contributed by atoms with van der Waals surface area (Å²) in [5, 5.41) is 0. The van der Waals surface area contributed by atoms with E-state index in [0.717, 1.165) is 17.1 Å². The minimum absolute atomic E-state index is 0.0285. The number of hydrogen-bond acceptors (Lipinski definition) is 3. The Morgan fingerprint density at radius 1 is 1.11 bits per heavy atom. The molecule has 19 heavy (non-hydrogen) atoms. The van der Waals surface area contributed by atoms with Gasteiger partial charge in [-0.15, -0.1) is 0 Å². The lowest BCUT2D eigenvalue weighted by Crippen LogP contribution is -2.23. The van der Waals surface area contributed by atoms with E-state index in [9.17, 15) is 4.79 Å². The summed E-state index contributed by atoms with van der Waals surface area (Å²) in [5.41, 5.74) is 0.771. The van der Waals surface area contributed by atoms with E-state index in [4.69, 9.17) is 9.47 Å². The van der Waals surface area contributed by atoms with Crippen LogP contribution in [0.4, 0.5) is 0 Å². The third-order valence-electron chi connectivity index (χ3n) is 2.87. The van der Waals surface area contributed by atoms with Crippen LogP contribution in [0, 0.1) is 6.92 Å². The van der Waals surface area contributed by atoms with Crippen molar-refractivity contribution in [2.45, 2.75) is 13.5 Å². The van der Waals surface area contributed by atoms with Crippen LogP contribution in [-0.2, 0) is 6.54 Å². The maximum absolute atomic E-state index is 11.8. The quantitative estimate of drug-likeness (QED) is 0.826. The van der Waals surface area contributed by atoms with Crippen molar-refractivity contribution in [2.24, 2.45) is 0 Å². The molecule has 1 heterocycles. The van der Waals surface area contributed by atoms with E-state index in [-0.39, 0.29) is 5.56 Å². The van der Waals surface area contributed by atoms with Crippen molar-refractivity contribution in [3.8, 4) is 11.5 Å². The van der Waals surface area contributed by atoms with Crippen LogP contribution in [0.2, 0.25) is 0 Å². The van der Waals surface area contributed by atoms with Gasteiger partial charge in [0.2, 0.25) is 0 Å². The van der Waals surface area contributed by atoms with Crippen molar-refractivity contribution in [1.29, 1.82) is 0 Å². The van der Waals surface area contributed by atoms with Gasteiger partial charge in [-0.05, 0) is 37.3 Å². The molecule has 0 fully saturated rings. The molecule has 4 heteroatoms. The number of benzene rings is 1. The third kappa shape index (κ3) is 3.37. The molecular formula is C15H17NO3. The lowest BCUT2D eigenvalue weighted by molar-refractivity contribution is 0.295. The van der Waals surface area contributed by atoms with Crippen LogP contribution in [-0.4, -0.2) is 18.3 Å². The van der Waals surface area contributed by atoms with Gasteiger partial charge in [-0.2, -0.15) is 0 Å². The number of pyridine rings is 1. The molecule has 100 valence electrons. The zero-order valence-corrected chi connectivity index (χ0v) is 11.1. The Hall–Kier alpha value is -2.23. The molecule has 0 atom stereocenters. The van der Waals surface area contributed by atoms with Crippen LogP contribution in [0.15, 0.2) is 47.4 Å². The van der Waals surface area contributed by atoms with Crippen LogP contribution in [0.25, 0.3) is 0 Å². The molecule has 2 aromatic rings. The molecule has 0 saturated carbocycles. The number of methoxy groups -OCH3 is 1. The fraction of sp³-hybridized carbons (Fsp3) is 0.267. The molecule has 0 N–H and O–H groups in total. The Bertz CT molecular complexity index is 587. The van der Waals surface area contributed by atoms with Crippen molar-refractivity contribution in [3.63, 3.8) is 0 Å². The van der Waals surface area contributed by atoms with Crippen molar-refractivity contribution in [2.75, 3.05) is 13.7 Å². The van der Waals surface area contributed by atoms with Crippen molar-refractivity contribution >= 4 is 0 Å². The standard InChI is InChI=1S/C15H17NO3/c1-12-4-3-9-16(15(12)17)10-11-19-14-7-5-13(18-2)6-8-14/h3-9H,10-11H2,1-2H3. The molecule has 0 saturated heterocycles. The number of hydrogen-bond donors (Lipinski definition) is 0. The van der Waals surface area contributed by atoms with E-state index in [1.54, 1.807) is 17.9 Å². The first kappa shape index (κ1) is 13.2. The highest BCUT2D eigenvalue weighted by atomic mass is 16.5. The maximum Gasteiger partial charge on any atom is 0.253 e. The monoisotopic (exact) mass is 259 g/mol. The SMILES string of the molecule is COc1ccc(OCCn2cccc(C)c2=O)cc1. The van der Waals surface area contributed by atoms with Gasteiger partial charge >= 0.3 is 0 Å². The van der Waals surface area contributed by atoms with Gasteiger partial charge < -0.3 is 14.0 Å². The summed E-state index contributed by atoms with van der Waals surface area (Å²) in [5.74, 6) is 1.56. The van der Waals surface area contributed by atoms with E-state index in [1.807, 2.05) is 43.3 Å². The van der Waals surface area contributed by atoms with Crippen molar-refractivity contribution in [3.05, 3.63) is 58.5 Å². The van der Waals surface area contributed by atoms with E-state index >= 15 is 0 Å². The second-order valence-corrected chi connectivity index (χ2v) is 4.21. The second kappa shape index (κ2) is 6.09. The molecule has 0 radical (unpaired) electrons. The summed E-state index contributed by atoms with van der Waals surface area (Å²) in [4.78, 5) is 11.8. The highest BCUT2D eigenvalue weighted by Gasteiger charge is 1.99. The number of nitrogens with zero attached hydrogens (tertiary/aromatic N) is 1. The van der Waals surface area contributed by atoms with Gasteiger partial charge in [0.25, 0.3) is 5.56 Å². The molecule has 0 amide bonds. The molecule has 0 unspecified atom stereocenters. The topological polar surface area (TPSA) is 40.5 Å². The lowest BCUT2D eigenvalue weighted by atomic mass is 10.3. The molecule has 4 nitrogen and oxygen atoms in total. The van der Waals surface area contributed by atoms with Gasteiger partial charge in [0.15, 0.2) is 0 Å². The summed E-state index contributed by atoms with van der Waals surface area (Å²) >= 11 is 0. The molecule has 0 aliphatic heterocycles. The third-order valence-corrected chi connectivity index (χ3v) is 2.87. The molecule has 0 aliphatic rings. The lowest BCUT2D eigenvalue weighted by Gasteiger charge is -2.09. The van der Waals surface area contributed by atoms with Gasteiger partial charge in [-0.25, -0.2) is 0 Å². The fourth-order valence-electron chi connectivity index (χ4n) is 1.77. The average molecular weight is 259 g/mol. The van der Waals surface area contributed by atoms with E-state index in [1.165, 1.54) is 0 Å². The van der Waals surface area contributed by atoms with Crippen molar-refractivity contribution in [1.82, 2.24) is 4.57 Å². The van der Waals surface area contributed by atoms with Crippen molar-refractivity contribution < 1.29 is 9.47 Å². The van der Waals surface area contributed by atoms with Crippen LogP contribution < -0.4 is 15.0 Å². The summed E-state index contributed by atoms with van der Waals surface area (Å²) in [6.07, 6.45) is 1.77. The minimum atomic E-state index is 0.0285. The van der Waals surface area contributed by atoms with Crippen LogP contribution in [0.1, 0.15) is 5.56 Å². The van der Waals surface area contributed by atoms with Gasteiger partial charge in [-0.3, -0.25) is 4.79 Å². The van der Waals surface area contributed by atoms with Crippen LogP contribution in [0.5, 0.6) is 11.5 Å².